The number of aromatic nitrogens is 3. The van der Waals surface area contributed by atoms with Crippen molar-refractivity contribution < 1.29 is 13.5 Å². The number of aromatic amines is 1. The second kappa shape index (κ2) is 6.84. The van der Waals surface area contributed by atoms with Gasteiger partial charge >= 0.3 is 0 Å². The lowest BCUT2D eigenvalue weighted by Crippen LogP contribution is -2.36. The first kappa shape index (κ1) is 16.7. The summed E-state index contributed by atoms with van der Waals surface area (Å²) < 4.78 is 34.0. The summed E-state index contributed by atoms with van der Waals surface area (Å²) in [7, 11) is 1.32. The van der Waals surface area contributed by atoms with Gasteiger partial charge in [0.1, 0.15) is 0 Å². The van der Waals surface area contributed by atoms with Crippen LogP contribution >= 0.6 is 0 Å². The van der Waals surface area contributed by atoms with Crippen LogP contribution in [0, 0.1) is 11.6 Å². The number of benzene rings is 1. The zero-order chi connectivity index (χ0) is 18.1. The number of pyridine rings is 1. The number of ether oxygens (including phenoxy) is 1. The fraction of sp³-hybridized carbons (Fsp3) is 0.263. The van der Waals surface area contributed by atoms with Crippen LogP contribution in [-0.4, -0.2) is 33.5 Å². The van der Waals surface area contributed by atoms with Gasteiger partial charge in [0.15, 0.2) is 11.6 Å². The van der Waals surface area contributed by atoms with Crippen LogP contribution in [0.1, 0.15) is 28.7 Å². The van der Waals surface area contributed by atoms with Crippen LogP contribution in [0.25, 0.3) is 0 Å². The largest absolute Gasteiger partial charge is 0.494 e. The average Bonchev–Trinajstić information content (AvgIpc) is 3.14. The number of fused-ring (bicyclic) bond motifs is 1. The maximum atomic E-state index is 14.8. The molecule has 0 saturated carbocycles. The van der Waals surface area contributed by atoms with Gasteiger partial charge in [-0.3, -0.25) is 9.88 Å². The minimum atomic E-state index is -0.981. The molecule has 1 aliphatic rings. The van der Waals surface area contributed by atoms with Crippen molar-refractivity contribution in [1.82, 2.24) is 19.9 Å². The molecule has 1 aliphatic heterocycles. The smallest absolute Gasteiger partial charge is 0.200 e. The van der Waals surface area contributed by atoms with E-state index in [4.69, 9.17) is 4.74 Å². The molecule has 3 heterocycles. The van der Waals surface area contributed by atoms with E-state index in [2.05, 4.69) is 19.9 Å². The lowest BCUT2D eigenvalue weighted by atomic mass is 9.94. The van der Waals surface area contributed by atoms with E-state index in [9.17, 15) is 8.78 Å². The van der Waals surface area contributed by atoms with E-state index in [1.54, 1.807) is 18.6 Å². The molecule has 0 fully saturated rings. The molecule has 0 aliphatic carbocycles. The number of nitrogens with zero attached hydrogens (tertiary/aromatic N) is 3. The summed E-state index contributed by atoms with van der Waals surface area (Å²) in [6.45, 7) is 1.20. The molecule has 0 spiro atoms. The van der Waals surface area contributed by atoms with Crippen molar-refractivity contribution in [2.45, 2.75) is 19.0 Å². The second-order valence-electron chi connectivity index (χ2n) is 6.20. The van der Waals surface area contributed by atoms with E-state index in [0.717, 1.165) is 23.5 Å². The summed E-state index contributed by atoms with van der Waals surface area (Å²) in [5, 5.41) is 0. The Labute approximate surface area is 149 Å². The topological polar surface area (TPSA) is 54.0 Å². The van der Waals surface area contributed by atoms with Gasteiger partial charge < -0.3 is 9.72 Å². The summed E-state index contributed by atoms with van der Waals surface area (Å²) in [6, 6.07) is 8.20. The number of rotatable bonds is 4. The molecule has 1 N–H and O–H groups in total. The van der Waals surface area contributed by atoms with Crippen molar-refractivity contribution >= 4 is 0 Å². The standard InChI is InChI=1S/C19H18F2N4O/c1-26-15-6-5-13(16(20)17(15)21)19-18-14(23-11-24-18)7-9-25(19)10-12-4-2-3-8-22-12/h2-6,8,11,19H,7,9-10H2,1H3,(H,23,24)/t19-/m1/s1. The van der Waals surface area contributed by atoms with Crippen molar-refractivity contribution in [3.05, 3.63) is 77.1 Å². The lowest BCUT2D eigenvalue weighted by Gasteiger charge is -2.35. The van der Waals surface area contributed by atoms with Crippen LogP contribution in [-0.2, 0) is 13.0 Å². The molecule has 5 nitrogen and oxygen atoms in total. The zero-order valence-electron chi connectivity index (χ0n) is 14.2. The van der Waals surface area contributed by atoms with Crippen molar-refractivity contribution in [3.63, 3.8) is 0 Å². The highest BCUT2D eigenvalue weighted by atomic mass is 19.2. The zero-order valence-corrected chi connectivity index (χ0v) is 14.2. The molecule has 1 atom stereocenters. The summed E-state index contributed by atoms with van der Waals surface area (Å²) in [6.07, 6.45) is 4.08. The normalized spacial score (nSPS) is 17.1. The van der Waals surface area contributed by atoms with Crippen LogP contribution < -0.4 is 4.74 Å². The number of imidazole rings is 1. The van der Waals surface area contributed by atoms with Crippen molar-refractivity contribution in [3.8, 4) is 5.75 Å². The molecule has 4 rings (SSSR count). The van der Waals surface area contributed by atoms with Gasteiger partial charge in [-0.2, -0.15) is 4.39 Å². The molecule has 0 bridgehead atoms. The van der Waals surface area contributed by atoms with Gasteiger partial charge in [0.05, 0.1) is 30.9 Å². The Morgan fingerprint density at radius 3 is 2.85 bits per heavy atom. The van der Waals surface area contributed by atoms with Gasteiger partial charge in [0, 0.05) is 37.0 Å². The highest BCUT2D eigenvalue weighted by Crippen LogP contribution is 2.37. The van der Waals surface area contributed by atoms with E-state index in [0.29, 0.717) is 13.1 Å². The second-order valence-corrected chi connectivity index (χ2v) is 6.20. The monoisotopic (exact) mass is 356 g/mol. The molecule has 0 saturated heterocycles. The first-order valence-corrected chi connectivity index (χ1v) is 8.37. The highest BCUT2D eigenvalue weighted by molar-refractivity contribution is 5.38. The van der Waals surface area contributed by atoms with Gasteiger partial charge in [-0.25, -0.2) is 9.37 Å². The number of nitrogens with one attached hydrogen (secondary N) is 1. The average molecular weight is 356 g/mol. The molecule has 1 aromatic carbocycles. The van der Waals surface area contributed by atoms with E-state index >= 15 is 0 Å². The Bertz CT molecular complexity index is 913. The number of methoxy groups -OCH3 is 1. The maximum absolute atomic E-state index is 14.8. The third-order valence-corrected chi connectivity index (χ3v) is 4.71. The van der Waals surface area contributed by atoms with Crippen LogP contribution in [0.5, 0.6) is 5.75 Å². The molecule has 7 heteroatoms. The Morgan fingerprint density at radius 1 is 1.19 bits per heavy atom. The molecule has 0 radical (unpaired) electrons. The molecule has 3 aromatic rings. The van der Waals surface area contributed by atoms with E-state index < -0.39 is 17.7 Å². The number of H-pyrrole nitrogens is 1. The fourth-order valence-corrected chi connectivity index (χ4v) is 3.45. The summed E-state index contributed by atoms with van der Waals surface area (Å²) in [4.78, 5) is 13.9. The molecular formula is C19H18F2N4O. The molecule has 0 amide bonds. The van der Waals surface area contributed by atoms with Gasteiger partial charge in [0.25, 0.3) is 0 Å². The molecule has 2 aromatic heterocycles. The highest BCUT2D eigenvalue weighted by Gasteiger charge is 2.34. The first-order chi connectivity index (χ1) is 12.7. The predicted molar refractivity (Wildman–Crippen MR) is 91.7 cm³/mol. The van der Waals surface area contributed by atoms with Crippen molar-refractivity contribution in [2.24, 2.45) is 0 Å². The molecule has 0 unspecified atom stereocenters. The number of hydrogen-bond donors (Lipinski definition) is 1. The van der Waals surface area contributed by atoms with Crippen LogP contribution in [0.15, 0.2) is 42.9 Å². The summed E-state index contributed by atoms with van der Waals surface area (Å²) >= 11 is 0. The van der Waals surface area contributed by atoms with Gasteiger partial charge in [-0.1, -0.05) is 12.1 Å². The van der Waals surface area contributed by atoms with E-state index in [-0.39, 0.29) is 11.3 Å². The number of halogens is 2. The fourth-order valence-electron chi connectivity index (χ4n) is 3.45. The van der Waals surface area contributed by atoms with E-state index in [1.165, 1.54) is 13.2 Å². The minimum Gasteiger partial charge on any atom is -0.494 e. The minimum absolute atomic E-state index is 0.111. The quantitative estimate of drug-likeness (QED) is 0.780. The maximum Gasteiger partial charge on any atom is 0.200 e. The summed E-state index contributed by atoms with van der Waals surface area (Å²) in [5.74, 6) is -2.00. The molecule has 26 heavy (non-hydrogen) atoms. The molecule has 134 valence electrons. The summed E-state index contributed by atoms with van der Waals surface area (Å²) in [5.41, 5.74) is 2.77. The Hall–Kier alpha value is -2.80. The predicted octanol–water partition coefficient (Wildman–Crippen LogP) is 3.24. The third-order valence-electron chi connectivity index (χ3n) is 4.71. The van der Waals surface area contributed by atoms with Crippen molar-refractivity contribution in [2.75, 3.05) is 13.7 Å². The van der Waals surface area contributed by atoms with Gasteiger partial charge in [0.2, 0.25) is 5.82 Å². The Morgan fingerprint density at radius 2 is 2.08 bits per heavy atom. The Kier molecular flexibility index (Phi) is 4.38. The first-order valence-electron chi connectivity index (χ1n) is 8.37. The SMILES string of the molecule is COc1ccc([C@@H]2c3nc[nH]c3CCN2Cc2ccccn2)c(F)c1F. The van der Waals surface area contributed by atoms with Gasteiger partial charge in [-0.15, -0.1) is 0 Å². The van der Waals surface area contributed by atoms with Crippen LogP contribution in [0.4, 0.5) is 8.78 Å². The van der Waals surface area contributed by atoms with Crippen LogP contribution in [0.2, 0.25) is 0 Å². The lowest BCUT2D eigenvalue weighted by molar-refractivity contribution is 0.193. The van der Waals surface area contributed by atoms with Crippen molar-refractivity contribution in [1.29, 1.82) is 0 Å². The third kappa shape index (κ3) is 2.84. The van der Waals surface area contributed by atoms with Crippen LogP contribution in [0.3, 0.4) is 0 Å². The van der Waals surface area contributed by atoms with E-state index in [1.807, 2.05) is 18.2 Å². The Balaban J connectivity index is 1.78. The van der Waals surface area contributed by atoms with Gasteiger partial charge in [-0.05, 0) is 18.2 Å². The molecular weight excluding hydrogens is 338 g/mol. The number of hydrogen-bond acceptors (Lipinski definition) is 4.